The van der Waals surface area contributed by atoms with Crippen LogP contribution in [0.15, 0.2) is 36.4 Å². The van der Waals surface area contributed by atoms with Crippen molar-refractivity contribution in [3.05, 3.63) is 58.4 Å². The normalized spacial score (nSPS) is 11.9. The summed E-state index contributed by atoms with van der Waals surface area (Å²) in [5.74, 6) is -0.461. The van der Waals surface area contributed by atoms with Crippen molar-refractivity contribution in [1.82, 2.24) is 0 Å². The molecule has 0 saturated heterocycles. The van der Waals surface area contributed by atoms with E-state index in [1.54, 1.807) is 6.92 Å². The van der Waals surface area contributed by atoms with Crippen molar-refractivity contribution in [1.29, 1.82) is 0 Å². The zero-order valence-electron chi connectivity index (χ0n) is 13.3. The summed E-state index contributed by atoms with van der Waals surface area (Å²) in [7, 11) is 0. The zero-order chi connectivity index (χ0) is 17.0. The molecule has 122 valence electrons. The second-order valence-corrected chi connectivity index (χ2v) is 5.69. The van der Waals surface area contributed by atoms with Crippen molar-refractivity contribution in [3.63, 3.8) is 0 Å². The van der Waals surface area contributed by atoms with Gasteiger partial charge < -0.3 is 10.1 Å². The van der Waals surface area contributed by atoms with Gasteiger partial charge in [-0.25, -0.2) is 4.39 Å². The number of carbonyl (C=O) groups excluding carboxylic acids is 1. The van der Waals surface area contributed by atoms with Gasteiger partial charge in [-0.2, -0.15) is 0 Å². The fourth-order valence-electron chi connectivity index (χ4n) is 2.24. The fourth-order valence-corrected chi connectivity index (χ4v) is 2.45. The maximum atomic E-state index is 13.0. The van der Waals surface area contributed by atoms with Crippen LogP contribution in [0.5, 0.6) is 5.75 Å². The van der Waals surface area contributed by atoms with Crippen LogP contribution in [-0.2, 0) is 11.2 Å². The van der Waals surface area contributed by atoms with Gasteiger partial charge >= 0.3 is 0 Å². The van der Waals surface area contributed by atoms with Crippen LogP contribution in [0.4, 0.5) is 10.1 Å². The standard InChI is InChI=1S/C18H19ClFNO2/c1-4-13-7-5-6-11(2)17(13)21-18(22)12(3)23-16-9-8-14(20)10-15(16)19/h5-10,12H,4H2,1-3H3,(H,21,22)/t12-/m1/s1. The maximum Gasteiger partial charge on any atom is 0.265 e. The minimum atomic E-state index is -0.762. The van der Waals surface area contributed by atoms with Gasteiger partial charge in [-0.15, -0.1) is 0 Å². The van der Waals surface area contributed by atoms with Crippen LogP contribution in [0.1, 0.15) is 25.0 Å². The number of aryl methyl sites for hydroxylation is 2. The quantitative estimate of drug-likeness (QED) is 0.855. The molecule has 0 aliphatic carbocycles. The molecule has 2 rings (SSSR count). The van der Waals surface area contributed by atoms with E-state index in [9.17, 15) is 9.18 Å². The zero-order valence-corrected chi connectivity index (χ0v) is 14.1. The highest BCUT2D eigenvalue weighted by Crippen LogP contribution is 2.26. The van der Waals surface area contributed by atoms with Crippen LogP contribution in [-0.4, -0.2) is 12.0 Å². The number of carbonyl (C=O) groups is 1. The van der Waals surface area contributed by atoms with E-state index in [1.807, 2.05) is 32.0 Å². The van der Waals surface area contributed by atoms with E-state index in [1.165, 1.54) is 12.1 Å². The summed E-state index contributed by atoms with van der Waals surface area (Å²) >= 11 is 5.91. The maximum absolute atomic E-state index is 13.0. The van der Waals surface area contributed by atoms with Crippen molar-refractivity contribution in [2.24, 2.45) is 0 Å². The average Bonchev–Trinajstić information content (AvgIpc) is 2.51. The highest BCUT2D eigenvalue weighted by molar-refractivity contribution is 6.32. The topological polar surface area (TPSA) is 38.3 Å². The van der Waals surface area contributed by atoms with Gasteiger partial charge in [-0.05, 0) is 49.6 Å². The molecular formula is C18H19ClFNO2. The van der Waals surface area contributed by atoms with Gasteiger partial charge in [0.25, 0.3) is 5.91 Å². The van der Waals surface area contributed by atoms with Gasteiger partial charge in [0.05, 0.1) is 5.02 Å². The highest BCUT2D eigenvalue weighted by Gasteiger charge is 2.18. The number of halogens is 2. The smallest absolute Gasteiger partial charge is 0.265 e. The van der Waals surface area contributed by atoms with Gasteiger partial charge in [0, 0.05) is 5.69 Å². The van der Waals surface area contributed by atoms with Crippen molar-refractivity contribution in [2.75, 3.05) is 5.32 Å². The van der Waals surface area contributed by atoms with Crippen LogP contribution in [0.2, 0.25) is 5.02 Å². The lowest BCUT2D eigenvalue weighted by Gasteiger charge is -2.18. The molecule has 0 bridgehead atoms. The van der Waals surface area contributed by atoms with Crippen LogP contribution >= 0.6 is 11.6 Å². The largest absolute Gasteiger partial charge is 0.479 e. The lowest BCUT2D eigenvalue weighted by Crippen LogP contribution is -2.30. The van der Waals surface area contributed by atoms with E-state index in [2.05, 4.69) is 5.32 Å². The Labute approximate surface area is 140 Å². The fraction of sp³-hybridized carbons (Fsp3) is 0.278. The number of rotatable bonds is 5. The first-order valence-electron chi connectivity index (χ1n) is 7.43. The summed E-state index contributed by atoms with van der Waals surface area (Å²) in [6.45, 7) is 5.60. The summed E-state index contributed by atoms with van der Waals surface area (Å²) < 4.78 is 18.6. The molecule has 2 aromatic carbocycles. The Balaban J connectivity index is 2.12. The number of ether oxygens (including phenoxy) is 1. The first-order chi connectivity index (χ1) is 10.9. The van der Waals surface area contributed by atoms with E-state index in [0.717, 1.165) is 29.3 Å². The van der Waals surface area contributed by atoms with E-state index < -0.39 is 11.9 Å². The predicted molar refractivity (Wildman–Crippen MR) is 90.7 cm³/mol. The molecule has 0 heterocycles. The monoisotopic (exact) mass is 335 g/mol. The number of hydrogen-bond acceptors (Lipinski definition) is 2. The molecule has 1 atom stereocenters. The molecule has 3 nitrogen and oxygen atoms in total. The lowest BCUT2D eigenvalue weighted by atomic mass is 10.1. The Morgan fingerprint density at radius 2 is 2.09 bits per heavy atom. The molecule has 23 heavy (non-hydrogen) atoms. The molecular weight excluding hydrogens is 317 g/mol. The second kappa shape index (κ2) is 7.47. The van der Waals surface area contributed by atoms with Crippen molar-refractivity contribution in [2.45, 2.75) is 33.3 Å². The molecule has 5 heteroatoms. The summed E-state index contributed by atoms with van der Waals surface area (Å²) in [5.41, 5.74) is 2.86. The van der Waals surface area contributed by atoms with Gasteiger partial charge in [-0.1, -0.05) is 36.7 Å². The van der Waals surface area contributed by atoms with Crippen molar-refractivity contribution >= 4 is 23.2 Å². The molecule has 1 amide bonds. The molecule has 0 spiro atoms. The van der Waals surface area contributed by atoms with E-state index >= 15 is 0 Å². The van der Waals surface area contributed by atoms with E-state index in [-0.39, 0.29) is 16.7 Å². The third-order valence-electron chi connectivity index (χ3n) is 3.56. The van der Waals surface area contributed by atoms with Crippen LogP contribution < -0.4 is 10.1 Å². The number of para-hydroxylation sites is 1. The van der Waals surface area contributed by atoms with Crippen molar-refractivity contribution < 1.29 is 13.9 Å². The van der Waals surface area contributed by atoms with Gasteiger partial charge in [0.15, 0.2) is 6.10 Å². The lowest BCUT2D eigenvalue weighted by molar-refractivity contribution is -0.122. The number of hydrogen-bond donors (Lipinski definition) is 1. The number of benzene rings is 2. The predicted octanol–water partition coefficient (Wildman–Crippen LogP) is 4.76. The first-order valence-corrected chi connectivity index (χ1v) is 7.81. The van der Waals surface area contributed by atoms with Gasteiger partial charge in [0.2, 0.25) is 0 Å². The van der Waals surface area contributed by atoms with E-state index in [4.69, 9.17) is 16.3 Å². The summed E-state index contributed by atoms with van der Waals surface area (Å²) in [6.07, 6.45) is 0.0540. The molecule has 0 fully saturated rings. The number of amides is 1. The summed E-state index contributed by atoms with van der Waals surface area (Å²) in [6, 6.07) is 9.68. The molecule has 1 N–H and O–H groups in total. The average molecular weight is 336 g/mol. The Morgan fingerprint density at radius 1 is 1.35 bits per heavy atom. The number of nitrogens with one attached hydrogen (secondary N) is 1. The third-order valence-corrected chi connectivity index (χ3v) is 3.85. The third kappa shape index (κ3) is 4.23. The van der Waals surface area contributed by atoms with E-state index in [0.29, 0.717) is 0 Å². The molecule has 0 saturated carbocycles. The molecule has 0 unspecified atom stereocenters. The summed E-state index contributed by atoms with van der Waals surface area (Å²) in [4.78, 5) is 12.4. The van der Waals surface area contributed by atoms with Crippen LogP contribution in [0.3, 0.4) is 0 Å². The molecule has 0 aliphatic rings. The first kappa shape index (κ1) is 17.3. The Bertz CT molecular complexity index is 718. The Kier molecular flexibility index (Phi) is 5.61. The van der Waals surface area contributed by atoms with Gasteiger partial charge in [0.1, 0.15) is 11.6 Å². The van der Waals surface area contributed by atoms with Gasteiger partial charge in [-0.3, -0.25) is 4.79 Å². The molecule has 0 aliphatic heterocycles. The summed E-state index contributed by atoms with van der Waals surface area (Å²) in [5, 5.41) is 3.03. The minimum Gasteiger partial charge on any atom is -0.479 e. The van der Waals surface area contributed by atoms with Crippen LogP contribution in [0, 0.1) is 12.7 Å². The second-order valence-electron chi connectivity index (χ2n) is 5.29. The van der Waals surface area contributed by atoms with Crippen molar-refractivity contribution in [3.8, 4) is 5.75 Å². The Morgan fingerprint density at radius 3 is 2.74 bits per heavy atom. The highest BCUT2D eigenvalue weighted by atomic mass is 35.5. The minimum absolute atomic E-state index is 0.134. The SMILES string of the molecule is CCc1cccc(C)c1NC(=O)[C@@H](C)Oc1ccc(F)cc1Cl. The molecule has 0 aromatic heterocycles. The molecule has 2 aromatic rings. The Hall–Kier alpha value is -2.07. The van der Waals surface area contributed by atoms with Crippen LogP contribution in [0.25, 0.3) is 0 Å². The molecule has 0 radical (unpaired) electrons. The number of anilines is 1.